The molecule has 1 atom stereocenters. The van der Waals surface area contributed by atoms with Gasteiger partial charge in [-0.2, -0.15) is 0 Å². The Morgan fingerprint density at radius 1 is 0.895 bits per heavy atom. The molecule has 0 amide bonds. The summed E-state index contributed by atoms with van der Waals surface area (Å²) in [6.07, 6.45) is 12.9. The fraction of sp³-hybridized carbons (Fsp3) is 1.00. The van der Waals surface area contributed by atoms with Gasteiger partial charge in [0.25, 0.3) is 0 Å². The van der Waals surface area contributed by atoms with Gasteiger partial charge in [-0.3, -0.25) is 0 Å². The molecule has 0 rings (SSSR count). The molecule has 0 N–H and O–H groups in total. The summed E-state index contributed by atoms with van der Waals surface area (Å²) in [5, 5.41) is 0. The quantitative estimate of drug-likeness (QED) is 0.210. The van der Waals surface area contributed by atoms with Gasteiger partial charge in [0.05, 0.1) is 6.61 Å². The van der Waals surface area contributed by atoms with E-state index in [2.05, 4.69) is 26.1 Å². The summed E-state index contributed by atoms with van der Waals surface area (Å²) in [6, 6.07) is 0. The highest BCUT2D eigenvalue weighted by atomic mass is 33.2. The average molecular weight is 343 g/mol. The van der Waals surface area contributed by atoms with Crippen molar-refractivity contribution in [3.8, 4) is 0 Å². The molecule has 0 radical (unpaired) electrons. The lowest BCUT2D eigenvalue weighted by molar-refractivity contribution is 0.348. The molecular weight excluding hydrogens is 311 g/mol. The predicted molar refractivity (Wildman–Crippen MR) is 99.2 cm³/mol. The molecule has 5 heteroatoms. The number of rotatable bonds is 14. The molecule has 1 unspecified atom stereocenters. The molecule has 0 saturated carbocycles. The Morgan fingerprint density at radius 3 is 2.00 bits per heavy atom. The van der Waals surface area contributed by atoms with Crippen molar-refractivity contribution in [3.05, 3.63) is 0 Å². The summed E-state index contributed by atoms with van der Waals surface area (Å²) >= 11 is 11.8. The molecule has 1 nitrogen and oxygen atoms in total. The molecule has 0 fully saturated rings. The van der Waals surface area contributed by atoms with Crippen LogP contribution in [0, 0.1) is 0 Å². The molecule has 0 bridgehead atoms. The van der Waals surface area contributed by atoms with Crippen LogP contribution in [0.2, 0.25) is 0 Å². The minimum atomic E-state index is -1.86. The number of unbranched alkanes of at least 4 members (excludes halogenated alkanes) is 8. The number of hydrogen-bond acceptors (Lipinski definition) is 3. The van der Waals surface area contributed by atoms with Crippen LogP contribution in [0.15, 0.2) is 0 Å². The standard InChI is InChI=1S/C14H31OPS3/c1-3-5-7-9-11-13-15-16(17,18)19-14-12-10-8-6-4-2/h3-14H2,1-2H3,(H,17,18). The van der Waals surface area contributed by atoms with E-state index in [-0.39, 0.29) is 0 Å². The van der Waals surface area contributed by atoms with E-state index in [0.717, 1.165) is 18.8 Å². The highest BCUT2D eigenvalue weighted by Gasteiger charge is 2.11. The third-order valence-corrected chi connectivity index (χ3v) is 8.80. The summed E-state index contributed by atoms with van der Waals surface area (Å²) < 4.78 is 3.93. The lowest BCUT2D eigenvalue weighted by atomic mass is 10.2. The van der Waals surface area contributed by atoms with Crippen molar-refractivity contribution in [2.24, 2.45) is 0 Å². The van der Waals surface area contributed by atoms with Gasteiger partial charge in [-0.1, -0.05) is 76.6 Å². The Hall–Kier alpha value is 1.31. The molecule has 19 heavy (non-hydrogen) atoms. The van der Waals surface area contributed by atoms with E-state index in [9.17, 15) is 0 Å². The minimum absolute atomic E-state index is 0.799. The van der Waals surface area contributed by atoms with Crippen LogP contribution in [0.25, 0.3) is 0 Å². The lowest BCUT2D eigenvalue weighted by Crippen LogP contribution is -1.89. The molecule has 0 aliphatic heterocycles. The van der Waals surface area contributed by atoms with E-state index in [1.54, 1.807) is 11.4 Å². The van der Waals surface area contributed by atoms with E-state index in [4.69, 9.17) is 16.3 Å². The van der Waals surface area contributed by atoms with E-state index in [0.29, 0.717) is 0 Å². The zero-order valence-corrected chi connectivity index (χ0v) is 16.0. The van der Waals surface area contributed by atoms with Crippen molar-refractivity contribution in [1.82, 2.24) is 0 Å². The van der Waals surface area contributed by atoms with Gasteiger partial charge in [0.15, 0.2) is 4.67 Å². The third kappa shape index (κ3) is 15.5. The molecule has 116 valence electrons. The second-order valence-electron chi connectivity index (χ2n) is 4.96. The van der Waals surface area contributed by atoms with Crippen molar-refractivity contribution in [3.63, 3.8) is 0 Å². The fourth-order valence-corrected chi connectivity index (χ4v) is 6.21. The molecule has 0 aromatic carbocycles. The molecular formula is C14H31OPS3. The van der Waals surface area contributed by atoms with Gasteiger partial charge in [0, 0.05) is 5.75 Å². The minimum Gasteiger partial charge on any atom is -0.334 e. The van der Waals surface area contributed by atoms with Crippen molar-refractivity contribution in [2.75, 3.05) is 12.4 Å². The van der Waals surface area contributed by atoms with Gasteiger partial charge < -0.3 is 4.52 Å². The van der Waals surface area contributed by atoms with Crippen LogP contribution in [-0.4, -0.2) is 12.4 Å². The molecule has 0 spiro atoms. The van der Waals surface area contributed by atoms with Crippen LogP contribution in [0.4, 0.5) is 0 Å². The normalized spacial score (nSPS) is 14.5. The van der Waals surface area contributed by atoms with E-state index >= 15 is 0 Å². The van der Waals surface area contributed by atoms with Gasteiger partial charge in [0.2, 0.25) is 0 Å². The SMILES string of the molecule is CCCCCCCOP(=S)(S)SCCCCCCC. The molecule has 0 aliphatic rings. The summed E-state index contributed by atoms with van der Waals surface area (Å²) in [5.74, 6) is 1.11. The molecule has 0 heterocycles. The van der Waals surface area contributed by atoms with Gasteiger partial charge in [-0.25, -0.2) is 0 Å². The average Bonchev–Trinajstić information content (AvgIpc) is 2.38. The van der Waals surface area contributed by atoms with E-state index < -0.39 is 4.67 Å². The molecule has 0 saturated heterocycles. The Kier molecular flexibility index (Phi) is 15.2. The van der Waals surface area contributed by atoms with Crippen LogP contribution >= 0.6 is 28.3 Å². The second-order valence-corrected chi connectivity index (χ2v) is 14.7. The maximum atomic E-state index is 5.79. The first kappa shape index (κ1) is 20.3. The summed E-state index contributed by atoms with van der Waals surface area (Å²) in [6.45, 7) is 5.28. The topological polar surface area (TPSA) is 9.23 Å². The molecule has 0 aliphatic carbocycles. The summed E-state index contributed by atoms with van der Waals surface area (Å²) in [4.78, 5) is 0. The van der Waals surface area contributed by atoms with E-state index in [1.165, 1.54) is 57.8 Å². The van der Waals surface area contributed by atoms with Crippen molar-refractivity contribution < 1.29 is 4.52 Å². The first-order chi connectivity index (χ1) is 9.12. The summed E-state index contributed by atoms with van der Waals surface area (Å²) in [7, 11) is 0. The Bertz CT molecular complexity index is 217. The van der Waals surface area contributed by atoms with Crippen LogP contribution < -0.4 is 0 Å². The van der Waals surface area contributed by atoms with Crippen LogP contribution in [-0.2, 0) is 16.3 Å². The van der Waals surface area contributed by atoms with E-state index in [1.807, 2.05) is 0 Å². The van der Waals surface area contributed by atoms with Gasteiger partial charge in [0.1, 0.15) is 0 Å². The Labute approximate surface area is 135 Å². The van der Waals surface area contributed by atoms with Crippen molar-refractivity contribution >= 4 is 40.1 Å². The number of thiol groups is 1. The zero-order valence-electron chi connectivity index (χ0n) is 12.6. The third-order valence-electron chi connectivity index (χ3n) is 3.00. The summed E-state index contributed by atoms with van der Waals surface area (Å²) in [5.41, 5.74) is 0. The maximum Gasteiger partial charge on any atom is 0.171 e. The Morgan fingerprint density at radius 2 is 1.42 bits per heavy atom. The largest absolute Gasteiger partial charge is 0.334 e. The van der Waals surface area contributed by atoms with Crippen LogP contribution in [0.3, 0.4) is 0 Å². The van der Waals surface area contributed by atoms with Gasteiger partial charge in [-0.15, -0.1) is 12.2 Å². The number of hydrogen-bond donors (Lipinski definition) is 1. The van der Waals surface area contributed by atoms with Gasteiger partial charge in [-0.05, 0) is 24.6 Å². The maximum absolute atomic E-state index is 5.79. The monoisotopic (exact) mass is 342 g/mol. The highest BCUT2D eigenvalue weighted by molar-refractivity contribution is 8.95. The van der Waals surface area contributed by atoms with Crippen LogP contribution in [0.5, 0.6) is 0 Å². The predicted octanol–water partition coefficient (Wildman–Crippen LogP) is 6.83. The molecule has 0 aromatic heterocycles. The first-order valence-corrected chi connectivity index (χ1v) is 13.2. The fourth-order valence-electron chi connectivity index (χ4n) is 1.81. The van der Waals surface area contributed by atoms with Crippen molar-refractivity contribution in [1.29, 1.82) is 0 Å². The molecule has 0 aromatic rings. The van der Waals surface area contributed by atoms with Crippen LogP contribution in [0.1, 0.15) is 78.1 Å². The van der Waals surface area contributed by atoms with Crippen molar-refractivity contribution in [2.45, 2.75) is 78.1 Å². The van der Waals surface area contributed by atoms with Gasteiger partial charge >= 0.3 is 0 Å². The smallest absolute Gasteiger partial charge is 0.171 e. The lowest BCUT2D eigenvalue weighted by Gasteiger charge is -2.15. The zero-order chi connectivity index (χ0) is 14.4. The Balaban J connectivity index is 3.39. The highest BCUT2D eigenvalue weighted by Crippen LogP contribution is 2.64. The second kappa shape index (κ2) is 14.3. The first-order valence-electron chi connectivity index (χ1n) is 7.74.